The molecule has 18 heavy (non-hydrogen) atoms. The SMILES string of the molecule is COc1ccc(-n2nnc(C(C)=O)c2C)cc1Cl. The van der Waals surface area contributed by atoms with E-state index in [1.807, 2.05) is 0 Å². The molecule has 2 aromatic rings. The lowest BCUT2D eigenvalue weighted by atomic mass is 10.2. The van der Waals surface area contributed by atoms with E-state index in [0.717, 1.165) is 5.69 Å². The van der Waals surface area contributed by atoms with Crippen molar-refractivity contribution in [2.75, 3.05) is 7.11 Å². The average molecular weight is 266 g/mol. The van der Waals surface area contributed by atoms with Crippen molar-refractivity contribution in [2.45, 2.75) is 13.8 Å². The fourth-order valence-corrected chi connectivity index (χ4v) is 1.94. The Morgan fingerprint density at radius 3 is 2.67 bits per heavy atom. The van der Waals surface area contributed by atoms with Gasteiger partial charge in [-0.05, 0) is 25.1 Å². The number of nitrogens with zero attached hydrogens (tertiary/aromatic N) is 3. The minimum absolute atomic E-state index is 0.113. The van der Waals surface area contributed by atoms with Gasteiger partial charge in [-0.3, -0.25) is 4.79 Å². The molecule has 0 bridgehead atoms. The van der Waals surface area contributed by atoms with Gasteiger partial charge in [-0.15, -0.1) is 5.10 Å². The maximum absolute atomic E-state index is 11.3. The molecule has 1 aromatic carbocycles. The van der Waals surface area contributed by atoms with Crippen molar-refractivity contribution in [3.05, 3.63) is 34.6 Å². The molecule has 5 nitrogen and oxygen atoms in total. The van der Waals surface area contributed by atoms with Gasteiger partial charge in [0.05, 0.1) is 23.5 Å². The van der Waals surface area contributed by atoms with Gasteiger partial charge in [-0.1, -0.05) is 16.8 Å². The molecule has 0 aliphatic heterocycles. The summed E-state index contributed by atoms with van der Waals surface area (Å²) in [7, 11) is 1.55. The zero-order valence-electron chi connectivity index (χ0n) is 10.3. The first-order valence-corrected chi connectivity index (χ1v) is 5.69. The average Bonchev–Trinajstić information content (AvgIpc) is 2.71. The van der Waals surface area contributed by atoms with Crippen molar-refractivity contribution in [1.82, 2.24) is 15.0 Å². The van der Waals surface area contributed by atoms with Crippen LogP contribution in [0.1, 0.15) is 23.1 Å². The second kappa shape index (κ2) is 4.78. The minimum atomic E-state index is -0.113. The van der Waals surface area contributed by atoms with Crippen LogP contribution >= 0.6 is 11.6 Å². The van der Waals surface area contributed by atoms with Gasteiger partial charge in [0.25, 0.3) is 0 Å². The number of ether oxygens (including phenoxy) is 1. The molecule has 0 atom stereocenters. The summed E-state index contributed by atoms with van der Waals surface area (Å²) >= 11 is 6.05. The maximum Gasteiger partial charge on any atom is 0.181 e. The van der Waals surface area contributed by atoms with Gasteiger partial charge in [0, 0.05) is 6.92 Å². The highest BCUT2D eigenvalue weighted by atomic mass is 35.5. The lowest BCUT2D eigenvalue weighted by Crippen LogP contribution is -2.01. The number of rotatable bonds is 3. The Balaban J connectivity index is 2.49. The van der Waals surface area contributed by atoms with Gasteiger partial charge in [-0.25, -0.2) is 4.68 Å². The molecule has 0 saturated heterocycles. The third kappa shape index (κ3) is 2.09. The van der Waals surface area contributed by atoms with Crippen LogP contribution in [0.3, 0.4) is 0 Å². The zero-order chi connectivity index (χ0) is 13.3. The van der Waals surface area contributed by atoms with Crippen LogP contribution in [0.25, 0.3) is 5.69 Å². The number of hydrogen-bond donors (Lipinski definition) is 0. The quantitative estimate of drug-likeness (QED) is 0.800. The van der Waals surface area contributed by atoms with Gasteiger partial charge < -0.3 is 4.74 Å². The van der Waals surface area contributed by atoms with E-state index in [1.54, 1.807) is 36.9 Å². The molecule has 0 radical (unpaired) electrons. The molecule has 1 heterocycles. The van der Waals surface area contributed by atoms with E-state index in [9.17, 15) is 4.79 Å². The molecule has 1 aromatic heterocycles. The molecule has 0 saturated carbocycles. The Hall–Kier alpha value is -1.88. The van der Waals surface area contributed by atoms with Crippen LogP contribution in [0.4, 0.5) is 0 Å². The number of Topliss-reactive ketones (excluding diaryl/α,β-unsaturated/α-hetero) is 1. The molecule has 0 spiro atoms. The Bertz CT molecular complexity index is 607. The van der Waals surface area contributed by atoms with Crippen LogP contribution in [0, 0.1) is 6.92 Å². The Labute approximate surface area is 109 Å². The number of ketones is 1. The van der Waals surface area contributed by atoms with Gasteiger partial charge in [0.1, 0.15) is 5.75 Å². The van der Waals surface area contributed by atoms with Crippen molar-refractivity contribution in [3.8, 4) is 11.4 Å². The molecule has 0 aliphatic rings. The predicted octanol–water partition coefficient (Wildman–Crippen LogP) is 2.44. The Kier molecular flexibility index (Phi) is 3.34. The highest BCUT2D eigenvalue weighted by Gasteiger charge is 2.14. The van der Waals surface area contributed by atoms with Crippen LogP contribution in [0.15, 0.2) is 18.2 Å². The predicted molar refractivity (Wildman–Crippen MR) is 67.7 cm³/mol. The lowest BCUT2D eigenvalue weighted by molar-refractivity contribution is 0.101. The fraction of sp³-hybridized carbons (Fsp3) is 0.250. The van der Waals surface area contributed by atoms with Crippen molar-refractivity contribution < 1.29 is 9.53 Å². The van der Waals surface area contributed by atoms with E-state index in [4.69, 9.17) is 16.3 Å². The number of carbonyl (C=O) groups excluding carboxylic acids is 1. The van der Waals surface area contributed by atoms with E-state index in [2.05, 4.69) is 10.3 Å². The van der Waals surface area contributed by atoms with Gasteiger partial charge in [-0.2, -0.15) is 0 Å². The highest BCUT2D eigenvalue weighted by Crippen LogP contribution is 2.26. The molecule has 0 amide bonds. The number of benzene rings is 1. The summed E-state index contributed by atoms with van der Waals surface area (Å²) in [5.74, 6) is 0.475. The van der Waals surface area contributed by atoms with E-state index < -0.39 is 0 Å². The third-order valence-electron chi connectivity index (χ3n) is 2.61. The molecule has 6 heteroatoms. The van der Waals surface area contributed by atoms with Crippen molar-refractivity contribution >= 4 is 17.4 Å². The topological polar surface area (TPSA) is 57.0 Å². The molecular weight excluding hydrogens is 254 g/mol. The largest absolute Gasteiger partial charge is 0.495 e. The monoisotopic (exact) mass is 265 g/mol. The molecule has 0 aliphatic carbocycles. The smallest absolute Gasteiger partial charge is 0.181 e. The summed E-state index contributed by atoms with van der Waals surface area (Å²) < 4.78 is 6.65. The molecule has 2 rings (SSSR count). The lowest BCUT2D eigenvalue weighted by Gasteiger charge is -2.07. The van der Waals surface area contributed by atoms with Gasteiger partial charge in [0.2, 0.25) is 0 Å². The van der Waals surface area contributed by atoms with E-state index >= 15 is 0 Å². The Morgan fingerprint density at radius 2 is 2.17 bits per heavy atom. The Morgan fingerprint density at radius 1 is 1.44 bits per heavy atom. The van der Waals surface area contributed by atoms with E-state index in [0.29, 0.717) is 22.2 Å². The summed E-state index contributed by atoms with van der Waals surface area (Å²) in [5, 5.41) is 8.28. The summed E-state index contributed by atoms with van der Waals surface area (Å²) in [6, 6.07) is 5.26. The molecule has 94 valence electrons. The minimum Gasteiger partial charge on any atom is -0.495 e. The highest BCUT2D eigenvalue weighted by molar-refractivity contribution is 6.32. The van der Waals surface area contributed by atoms with Crippen LogP contribution < -0.4 is 4.74 Å². The van der Waals surface area contributed by atoms with E-state index in [1.165, 1.54) is 6.92 Å². The zero-order valence-corrected chi connectivity index (χ0v) is 11.0. The first kappa shape index (κ1) is 12.6. The fourth-order valence-electron chi connectivity index (χ4n) is 1.69. The summed E-state index contributed by atoms with van der Waals surface area (Å²) in [6.45, 7) is 3.25. The molecular formula is C12H12ClN3O2. The van der Waals surface area contributed by atoms with Gasteiger partial charge in [0.15, 0.2) is 11.5 Å². The number of carbonyl (C=O) groups is 1. The summed E-state index contributed by atoms with van der Waals surface area (Å²) in [4.78, 5) is 11.3. The van der Waals surface area contributed by atoms with E-state index in [-0.39, 0.29) is 5.78 Å². The molecule has 0 unspecified atom stereocenters. The van der Waals surface area contributed by atoms with Crippen molar-refractivity contribution in [3.63, 3.8) is 0 Å². The standard InChI is InChI=1S/C12H12ClN3O2/c1-7-12(8(2)17)14-15-16(7)9-4-5-11(18-3)10(13)6-9/h4-6H,1-3H3. The first-order valence-electron chi connectivity index (χ1n) is 5.31. The van der Waals surface area contributed by atoms with Crippen molar-refractivity contribution in [1.29, 1.82) is 0 Å². The van der Waals surface area contributed by atoms with Crippen LogP contribution in [0.5, 0.6) is 5.75 Å². The van der Waals surface area contributed by atoms with Crippen LogP contribution in [-0.4, -0.2) is 27.9 Å². The van der Waals surface area contributed by atoms with Crippen LogP contribution in [-0.2, 0) is 0 Å². The van der Waals surface area contributed by atoms with Gasteiger partial charge >= 0.3 is 0 Å². The number of hydrogen-bond acceptors (Lipinski definition) is 4. The molecule has 0 N–H and O–H groups in total. The second-order valence-electron chi connectivity index (χ2n) is 3.81. The normalized spacial score (nSPS) is 10.4. The number of halogens is 1. The number of aromatic nitrogens is 3. The molecule has 0 fully saturated rings. The first-order chi connectivity index (χ1) is 8.54. The van der Waals surface area contributed by atoms with Crippen LogP contribution in [0.2, 0.25) is 5.02 Å². The van der Waals surface area contributed by atoms with Crippen molar-refractivity contribution in [2.24, 2.45) is 0 Å². The summed E-state index contributed by atoms with van der Waals surface area (Å²) in [5.41, 5.74) is 1.78. The maximum atomic E-state index is 11.3. The number of methoxy groups -OCH3 is 1. The second-order valence-corrected chi connectivity index (χ2v) is 4.22. The third-order valence-corrected chi connectivity index (χ3v) is 2.90. The summed E-state index contributed by atoms with van der Waals surface area (Å²) in [6.07, 6.45) is 0.